The quantitative estimate of drug-likeness (QED) is 0.621. The van der Waals surface area contributed by atoms with Gasteiger partial charge in [-0.05, 0) is 56.8 Å². The Morgan fingerprint density at radius 1 is 1.29 bits per heavy atom. The van der Waals surface area contributed by atoms with E-state index in [4.69, 9.17) is 4.74 Å². The van der Waals surface area contributed by atoms with Crippen LogP contribution < -0.4 is 0 Å². The minimum absolute atomic E-state index is 0.436. The van der Waals surface area contributed by atoms with E-state index in [1.807, 2.05) is 0 Å². The molecule has 0 aromatic heterocycles. The van der Waals surface area contributed by atoms with Gasteiger partial charge in [-0.3, -0.25) is 4.79 Å². The van der Waals surface area contributed by atoms with Crippen molar-refractivity contribution in [2.75, 3.05) is 5.75 Å². The van der Waals surface area contributed by atoms with Crippen LogP contribution in [0.4, 0.5) is 13.2 Å². The lowest BCUT2D eigenvalue weighted by Crippen LogP contribution is -2.45. The highest BCUT2D eigenvalue weighted by Crippen LogP contribution is 2.51. The molecule has 3 atom stereocenters. The molecule has 2 aliphatic carbocycles. The Labute approximate surface area is 129 Å². The van der Waals surface area contributed by atoms with Crippen LogP contribution in [-0.2, 0) is 9.53 Å². The molecular formula is C15H23F3O2S. The van der Waals surface area contributed by atoms with Crippen molar-refractivity contribution in [1.29, 1.82) is 0 Å². The molecule has 2 fully saturated rings. The van der Waals surface area contributed by atoms with Crippen LogP contribution in [0.2, 0.25) is 0 Å². The summed E-state index contributed by atoms with van der Waals surface area (Å²) in [6.45, 7) is 3.97. The molecule has 0 N–H and O–H groups in total. The second kappa shape index (κ2) is 6.01. The Morgan fingerprint density at radius 2 is 1.81 bits per heavy atom. The van der Waals surface area contributed by atoms with Crippen molar-refractivity contribution in [3.8, 4) is 0 Å². The molecule has 0 spiro atoms. The third kappa shape index (κ3) is 3.88. The summed E-state index contributed by atoms with van der Waals surface area (Å²) in [6.07, 6.45) is -2.14. The van der Waals surface area contributed by atoms with Crippen LogP contribution in [0.15, 0.2) is 0 Å². The molecule has 0 saturated heterocycles. The maximum absolute atomic E-state index is 12.7. The van der Waals surface area contributed by atoms with Gasteiger partial charge in [-0.25, -0.2) is 0 Å². The van der Waals surface area contributed by atoms with Crippen molar-refractivity contribution in [1.82, 2.24) is 0 Å². The van der Waals surface area contributed by atoms with E-state index in [1.54, 1.807) is 6.92 Å². The molecule has 122 valence electrons. The lowest BCUT2D eigenvalue weighted by molar-refractivity contribution is -0.222. The molecule has 0 radical (unpaired) electrons. The minimum Gasteiger partial charge on any atom is -0.451 e. The van der Waals surface area contributed by atoms with Crippen LogP contribution in [0.3, 0.4) is 0 Å². The van der Waals surface area contributed by atoms with E-state index in [-0.39, 0.29) is 0 Å². The predicted molar refractivity (Wildman–Crippen MR) is 77.1 cm³/mol. The van der Waals surface area contributed by atoms with E-state index in [0.717, 1.165) is 19.3 Å². The monoisotopic (exact) mass is 324 g/mol. The Bertz CT molecular complexity index is 379. The standard InChI is InChI=1S/C15H23F3O2S/c1-9-3-10-5-11(4-9)7-14(2,6-10)13(19)20-12(8-21)15(16,17)18/h9-12,21H,3-8H2,1-2H3. The minimum atomic E-state index is -4.55. The number of alkyl halides is 3. The van der Waals surface area contributed by atoms with Gasteiger partial charge in [0.05, 0.1) is 5.41 Å². The van der Waals surface area contributed by atoms with Gasteiger partial charge in [-0.2, -0.15) is 25.8 Å². The van der Waals surface area contributed by atoms with Gasteiger partial charge in [0.15, 0.2) is 0 Å². The lowest BCUT2D eigenvalue weighted by Gasteiger charge is -2.46. The summed E-state index contributed by atoms with van der Waals surface area (Å²) in [4.78, 5) is 12.3. The van der Waals surface area contributed by atoms with Gasteiger partial charge in [0.25, 0.3) is 0 Å². The summed E-state index contributed by atoms with van der Waals surface area (Å²) < 4.78 is 42.9. The maximum atomic E-state index is 12.7. The van der Waals surface area contributed by atoms with E-state index in [9.17, 15) is 18.0 Å². The highest BCUT2D eigenvalue weighted by Gasteiger charge is 2.49. The van der Waals surface area contributed by atoms with Gasteiger partial charge >= 0.3 is 12.1 Å². The fourth-order valence-electron chi connectivity index (χ4n) is 4.23. The first-order chi connectivity index (χ1) is 9.64. The molecule has 0 amide bonds. The first-order valence-corrected chi connectivity index (χ1v) is 8.16. The van der Waals surface area contributed by atoms with E-state index in [2.05, 4.69) is 19.6 Å². The predicted octanol–water partition coefficient (Wildman–Crippen LogP) is 4.24. The number of halogens is 3. The van der Waals surface area contributed by atoms with Crippen molar-refractivity contribution in [3.05, 3.63) is 0 Å². The lowest BCUT2D eigenvalue weighted by atomic mass is 9.59. The highest BCUT2D eigenvalue weighted by molar-refractivity contribution is 7.80. The number of fused-ring (bicyclic) bond motifs is 2. The third-order valence-electron chi connectivity index (χ3n) is 4.89. The highest BCUT2D eigenvalue weighted by atomic mass is 32.1. The van der Waals surface area contributed by atoms with Crippen molar-refractivity contribution in [2.45, 2.75) is 58.2 Å². The number of hydrogen-bond acceptors (Lipinski definition) is 3. The van der Waals surface area contributed by atoms with E-state index < -0.39 is 29.4 Å². The Kier molecular flexibility index (Phi) is 4.86. The van der Waals surface area contributed by atoms with Gasteiger partial charge in [0.1, 0.15) is 0 Å². The normalized spacial score (nSPS) is 37.9. The average Bonchev–Trinajstić information content (AvgIpc) is 2.32. The second-order valence-corrected chi connectivity index (χ2v) is 7.50. The fourth-order valence-corrected chi connectivity index (χ4v) is 4.52. The average molecular weight is 324 g/mol. The van der Waals surface area contributed by atoms with Crippen LogP contribution in [0.5, 0.6) is 0 Å². The van der Waals surface area contributed by atoms with Gasteiger partial charge in [-0.1, -0.05) is 6.92 Å². The van der Waals surface area contributed by atoms with E-state index in [0.29, 0.717) is 30.6 Å². The molecule has 0 aromatic rings. The zero-order valence-electron chi connectivity index (χ0n) is 12.4. The maximum Gasteiger partial charge on any atom is 0.426 e. The van der Waals surface area contributed by atoms with Gasteiger partial charge < -0.3 is 4.74 Å². The number of esters is 1. The zero-order valence-corrected chi connectivity index (χ0v) is 13.3. The van der Waals surface area contributed by atoms with Crippen LogP contribution >= 0.6 is 12.6 Å². The van der Waals surface area contributed by atoms with Gasteiger partial charge in [0, 0.05) is 5.75 Å². The van der Waals surface area contributed by atoms with Crippen LogP contribution in [0.1, 0.15) is 46.0 Å². The van der Waals surface area contributed by atoms with Crippen molar-refractivity contribution in [3.63, 3.8) is 0 Å². The molecule has 6 heteroatoms. The van der Waals surface area contributed by atoms with E-state index in [1.165, 1.54) is 0 Å². The van der Waals surface area contributed by atoms with Gasteiger partial charge in [-0.15, -0.1) is 0 Å². The number of carbonyl (C=O) groups excluding carboxylic acids is 1. The third-order valence-corrected chi connectivity index (χ3v) is 5.22. The molecule has 0 aliphatic heterocycles. The molecule has 2 rings (SSSR count). The zero-order chi connectivity index (χ0) is 15.8. The fraction of sp³-hybridized carbons (Fsp3) is 0.933. The Balaban J connectivity index is 2.05. The summed E-state index contributed by atoms with van der Waals surface area (Å²) in [5.41, 5.74) is -0.778. The van der Waals surface area contributed by atoms with Crippen molar-refractivity contribution >= 4 is 18.6 Å². The van der Waals surface area contributed by atoms with Crippen molar-refractivity contribution in [2.24, 2.45) is 23.2 Å². The molecule has 21 heavy (non-hydrogen) atoms. The first kappa shape index (κ1) is 17.0. The SMILES string of the molecule is CC1CC2CC(C1)CC(C)(C(=O)OC(CS)C(F)(F)F)C2. The molecule has 3 unspecified atom stereocenters. The summed E-state index contributed by atoms with van der Waals surface area (Å²) >= 11 is 3.65. The van der Waals surface area contributed by atoms with Crippen LogP contribution in [-0.4, -0.2) is 24.0 Å². The molecule has 0 heterocycles. The topological polar surface area (TPSA) is 26.3 Å². The summed E-state index contributed by atoms with van der Waals surface area (Å²) in [5, 5.41) is 0. The molecule has 0 aromatic carbocycles. The molecule has 2 aliphatic rings. The molecule has 2 nitrogen and oxygen atoms in total. The smallest absolute Gasteiger partial charge is 0.426 e. The van der Waals surface area contributed by atoms with Crippen LogP contribution in [0, 0.1) is 23.2 Å². The number of ether oxygens (including phenoxy) is 1. The molecule has 2 saturated carbocycles. The molecular weight excluding hydrogens is 301 g/mol. The second-order valence-electron chi connectivity index (χ2n) is 7.13. The Morgan fingerprint density at radius 3 is 2.24 bits per heavy atom. The Hall–Kier alpha value is -0.390. The number of thiol groups is 1. The van der Waals surface area contributed by atoms with Crippen LogP contribution in [0.25, 0.3) is 0 Å². The van der Waals surface area contributed by atoms with E-state index >= 15 is 0 Å². The largest absolute Gasteiger partial charge is 0.451 e. The first-order valence-electron chi connectivity index (χ1n) is 7.52. The summed E-state index contributed by atoms with van der Waals surface area (Å²) in [7, 11) is 0. The summed E-state index contributed by atoms with van der Waals surface area (Å²) in [6, 6.07) is 0. The number of rotatable bonds is 3. The molecule has 2 bridgehead atoms. The summed E-state index contributed by atoms with van der Waals surface area (Å²) in [5.74, 6) is 0.281. The van der Waals surface area contributed by atoms with Gasteiger partial charge in [0.2, 0.25) is 6.10 Å². The number of hydrogen-bond donors (Lipinski definition) is 1. The number of carbonyl (C=O) groups is 1. The van der Waals surface area contributed by atoms with Crippen molar-refractivity contribution < 1.29 is 22.7 Å².